The van der Waals surface area contributed by atoms with Gasteiger partial charge in [-0.2, -0.15) is 0 Å². The van der Waals surface area contributed by atoms with E-state index in [1.807, 2.05) is 0 Å². The molecule has 0 aliphatic carbocycles. The third kappa shape index (κ3) is 33.7. The van der Waals surface area contributed by atoms with Crippen molar-refractivity contribution in [1.29, 1.82) is 0 Å². The molecule has 3 heterocycles. The first-order chi connectivity index (χ1) is 59.5. The fourth-order valence-corrected chi connectivity index (χ4v) is 14.3. The first-order valence-electron chi connectivity index (χ1n) is 44.9. The van der Waals surface area contributed by atoms with Gasteiger partial charge in [0.05, 0.1) is 0 Å². The average molecular weight is 1840 g/mol. The smallest absolute Gasteiger partial charge is 0.322 e. The van der Waals surface area contributed by atoms with Crippen LogP contribution < -0.4 is 90.4 Å². The molecule has 3 rings (SSSR count). The fraction of sp³-hybridized carbons (Fsp3) is 0.761. The van der Waals surface area contributed by atoms with Gasteiger partial charge in [-0.25, -0.2) is 0 Å². The monoisotopic (exact) mass is 1840 g/mol. The molecule has 42 heteroatoms. The first-order valence-corrected chi connectivity index (χ1v) is 44.9. The number of carboxylic acid groups (broad SMARTS) is 1. The van der Waals surface area contributed by atoms with Crippen molar-refractivity contribution < 1.29 is 106 Å². The van der Waals surface area contributed by atoms with E-state index in [4.69, 9.17) is 5.11 Å². The molecular formula is C88H150N20O22. The zero-order valence-electron chi connectivity index (χ0n) is 81.3. The summed E-state index contributed by atoms with van der Waals surface area (Å²) in [6.07, 6.45) is 11.3. The van der Waals surface area contributed by atoms with E-state index < -0.39 is 222 Å². The molecule has 3 aliphatic rings. The van der Waals surface area contributed by atoms with Gasteiger partial charge in [-0.1, -0.05) is 58.3 Å². The highest BCUT2D eigenvalue weighted by atomic mass is 16.4. The predicted octanol–water partition coefficient (Wildman–Crippen LogP) is -0.549. The quantitative estimate of drug-likeness (QED) is 0.0340. The summed E-state index contributed by atoms with van der Waals surface area (Å²) in [7, 11) is 0. The van der Waals surface area contributed by atoms with Gasteiger partial charge in [0, 0.05) is 52.0 Å². The maximum absolute atomic E-state index is 14.4. The maximum Gasteiger partial charge on any atom is 0.322 e. The van der Waals surface area contributed by atoms with E-state index in [1.54, 1.807) is 13.8 Å². The maximum atomic E-state index is 14.4. The highest BCUT2D eigenvalue weighted by Crippen LogP contribution is 2.28. The van der Waals surface area contributed by atoms with Gasteiger partial charge in [-0.05, 0) is 218 Å². The summed E-state index contributed by atoms with van der Waals surface area (Å²) in [6, 6.07) is -6.84. The predicted molar refractivity (Wildman–Crippen MR) is 479 cm³/mol. The zero-order chi connectivity index (χ0) is 99.8. The largest absolute Gasteiger partial charge is 0.480 e. The molecule has 18 N–H and O–H groups in total. The Balaban J connectivity index is 1.47. The Morgan fingerprint density at radius 2 is 0.562 bits per heavy atom. The standard InChI is InChI=1S/C88H150N20O22/c1-27-28-29-30-31-32-33-34-35-42-58(110)96-86(21,22)75(128)107-48-37-40-55(107)65(118)99-84(17,18)73(126)105-88(25,26)77(130)108-49-38-41-56(108)66(119)100-83(15,16)72(125)104-87(23,24)76(129)106-47-36-39-54(106)64(117)93-53(4)63(116)97-78(5,6)67(120)89-45-43-57(109)92-52(3)62(115)98-82(13,14)71(124)101-79(7,8)68(121)90-46-44-59(111)95-81(11,12)70(123)103-85(19,20)74(127)102-80(9,10)69(122)94-51(2)61(114)91-50-60(112)113/h51-56H,27-50H2,1-26H3,(H,89,120)(H,90,121)(H,91,114)(H,92,109)(H,93,117)(H,94,122)(H,95,111)(H,96,110)(H,97,116)(H,98,115)(H,99,118)(H,100,119)(H,101,124)(H,102,127)(H,103,123)(H,104,125)(H,105,126)(H,112,113). The number of hydrogen-bond acceptors (Lipinski definition) is 21. The minimum Gasteiger partial charge on any atom is -0.480 e. The van der Waals surface area contributed by atoms with Crippen molar-refractivity contribution in [3.8, 4) is 0 Å². The van der Waals surface area contributed by atoms with Crippen LogP contribution in [0.3, 0.4) is 0 Å². The Morgan fingerprint density at radius 3 is 0.946 bits per heavy atom. The first kappa shape index (κ1) is 113. The molecule has 0 aromatic carbocycles. The molecule has 42 nitrogen and oxygen atoms in total. The topological polar surface area (TPSA) is 593 Å². The normalized spacial score (nSPS) is 16.6. The summed E-state index contributed by atoms with van der Waals surface area (Å²) >= 11 is 0. The number of rotatable bonds is 49. The molecule has 130 heavy (non-hydrogen) atoms. The molecule has 3 aliphatic heterocycles. The molecule has 0 bridgehead atoms. The second kappa shape index (κ2) is 46.6. The van der Waals surface area contributed by atoms with Crippen molar-refractivity contribution in [1.82, 2.24) is 105 Å². The van der Waals surface area contributed by atoms with Crippen LogP contribution in [-0.2, 0) is 101 Å². The number of nitrogens with zero attached hydrogens (tertiary/aromatic N) is 3. The van der Waals surface area contributed by atoms with Gasteiger partial charge in [-0.3, -0.25) is 101 Å². The van der Waals surface area contributed by atoms with E-state index in [0.29, 0.717) is 32.1 Å². The number of carbonyl (C=O) groups excluding carboxylic acids is 20. The van der Waals surface area contributed by atoms with Crippen molar-refractivity contribution in [2.24, 2.45) is 0 Å². The molecule has 6 atom stereocenters. The second-order valence-electron chi connectivity index (χ2n) is 40.1. The van der Waals surface area contributed by atoms with E-state index in [9.17, 15) is 101 Å². The summed E-state index contributed by atoms with van der Waals surface area (Å²) < 4.78 is 0. The van der Waals surface area contributed by atoms with Crippen molar-refractivity contribution in [2.45, 2.75) is 393 Å². The van der Waals surface area contributed by atoms with Gasteiger partial charge in [0.15, 0.2) is 0 Å². The lowest BCUT2D eigenvalue weighted by Gasteiger charge is -2.38. The van der Waals surface area contributed by atoms with Crippen LogP contribution in [0.1, 0.15) is 296 Å². The number of carbonyl (C=O) groups is 21. The summed E-state index contributed by atoms with van der Waals surface area (Å²) in [6.45, 7) is 36.2. The van der Waals surface area contributed by atoms with Crippen molar-refractivity contribution in [3.05, 3.63) is 0 Å². The molecule has 3 saturated heterocycles. The SMILES string of the molecule is CCCCCCCCCCCC(=O)NC(C)(C)C(=O)N1CCCC1C(=O)NC(C)(C)C(=O)NC(C)(C)C(=O)N1CCCC1C(=O)NC(C)(C)C(=O)NC(C)(C)C(=O)N1CCCC1C(=O)NC(C)C(=O)NC(C)(C)C(=O)NCCC(=O)NC(C)C(=O)NC(C)(C)C(=O)NC(C)(C)C(=O)NCCC(=O)NC(C)(C)C(=O)NC(C)(C)C(=O)NC(C)(C)C(=O)NC(C)C(=O)NCC(=O)O. The Labute approximate surface area is 763 Å². The van der Waals surface area contributed by atoms with Crippen LogP contribution >= 0.6 is 0 Å². The van der Waals surface area contributed by atoms with Crippen LogP contribution in [0.2, 0.25) is 0 Å². The Kier molecular flexibility index (Phi) is 40.5. The van der Waals surface area contributed by atoms with Crippen LogP contribution in [0.4, 0.5) is 0 Å². The number of amides is 20. The van der Waals surface area contributed by atoms with E-state index in [1.165, 1.54) is 206 Å². The van der Waals surface area contributed by atoms with E-state index >= 15 is 0 Å². The fourth-order valence-electron chi connectivity index (χ4n) is 14.3. The van der Waals surface area contributed by atoms with Crippen molar-refractivity contribution >= 4 is 124 Å². The molecular weight excluding hydrogens is 1690 g/mol. The lowest BCUT2D eigenvalue weighted by Crippen LogP contribution is -2.67. The third-order valence-corrected chi connectivity index (χ3v) is 22.8. The molecule has 734 valence electrons. The van der Waals surface area contributed by atoms with Gasteiger partial charge >= 0.3 is 5.97 Å². The third-order valence-electron chi connectivity index (χ3n) is 22.8. The molecule has 0 radical (unpaired) electrons. The number of hydrogen-bond donors (Lipinski definition) is 18. The number of carboxylic acids is 1. The number of likely N-dealkylation sites (tertiary alicyclic amines) is 3. The summed E-state index contributed by atoms with van der Waals surface area (Å²) in [4.78, 5) is 287. The minimum atomic E-state index is -1.71. The number of unbranched alkanes of at least 4 members (excludes halogenated alkanes) is 8. The average Bonchev–Trinajstić information content (AvgIpc) is 1.24. The van der Waals surface area contributed by atoms with Gasteiger partial charge in [0.1, 0.15) is 104 Å². The lowest BCUT2D eigenvalue weighted by molar-refractivity contribution is -0.148. The number of aliphatic carboxylic acids is 1. The van der Waals surface area contributed by atoms with Crippen LogP contribution in [0.25, 0.3) is 0 Å². The second-order valence-corrected chi connectivity index (χ2v) is 40.1. The molecule has 3 fully saturated rings. The molecule has 0 saturated carbocycles. The van der Waals surface area contributed by atoms with Crippen molar-refractivity contribution in [2.75, 3.05) is 39.3 Å². The molecule has 0 spiro atoms. The van der Waals surface area contributed by atoms with E-state index in [-0.39, 0.29) is 70.7 Å². The number of nitrogens with one attached hydrogen (secondary N) is 17. The Bertz CT molecular complexity index is 4200. The van der Waals surface area contributed by atoms with Gasteiger partial charge < -0.3 is 110 Å². The molecule has 6 unspecified atom stereocenters. The molecule has 20 amide bonds. The highest BCUT2D eigenvalue weighted by Gasteiger charge is 2.51. The summed E-state index contributed by atoms with van der Waals surface area (Å²) in [5.41, 5.74) is -17.9. The highest BCUT2D eigenvalue weighted by molar-refractivity contribution is 6.05. The summed E-state index contributed by atoms with van der Waals surface area (Å²) in [5.74, 6) is -15.4. The minimum absolute atomic E-state index is 0.0900. The van der Waals surface area contributed by atoms with Gasteiger partial charge in [0.25, 0.3) is 0 Å². The van der Waals surface area contributed by atoms with Crippen molar-refractivity contribution in [3.63, 3.8) is 0 Å². The van der Waals surface area contributed by atoms with E-state index in [0.717, 1.165) is 19.3 Å². The van der Waals surface area contributed by atoms with Crippen LogP contribution in [0.5, 0.6) is 0 Å². The lowest BCUT2D eigenvalue weighted by atomic mass is 9.96. The van der Waals surface area contributed by atoms with E-state index in [2.05, 4.69) is 97.3 Å². The van der Waals surface area contributed by atoms with Crippen LogP contribution in [-0.4, -0.2) is 280 Å². The summed E-state index contributed by atoms with van der Waals surface area (Å²) in [5, 5.41) is 52.4. The Morgan fingerprint density at radius 1 is 0.285 bits per heavy atom. The van der Waals surface area contributed by atoms with Gasteiger partial charge in [-0.15, -0.1) is 0 Å². The molecule has 0 aromatic rings. The van der Waals surface area contributed by atoms with Crippen LogP contribution in [0, 0.1) is 0 Å². The van der Waals surface area contributed by atoms with Gasteiger partial charge in [0.2, 0.25) is 118 Å². The molecule has 0 aromatic heterocycles. The van der Waals surface area contributed by atoms with Crippen LogP contribution in [0.15, 0.2) is 0 Å². The zero-order valence-corrected chi connectivity index (χ0v) is 81.3. The Hall–Kier alpha value is -11.1.